The Morgan fingerprint density at radius 3 is 1.65 bits per heavy atom. The molecule has 0 radical (unpaired) electrons. The summed E-state index contributed by atoms with van der Waals surface area (Å²) in [5.74, 6) is -8.49. The van der Waals surface area contributed by atoms with Crippen LogP contribution in [0.4, 0.5) is 40.3 Å². The minimum Gasteiger partial charge on any atom is -0.507 e. The van der Waals surface area contributed by atoms with Crippen molar-refractivity contribution in [1.29, 1.82) is 0 Å². The number of pyridine rings is 2. The van der Waals surface area contributed by atoms with Gasteiger partial charge in [-0.25, -0.2) is 37.5 Å². The van der Waals surface area contributed by atoms with Crippen LogP contribution in [0.2, 0.25) is 10.0 Å². The number of carbonyl (C=O) groups is 4. The standard InChI is InChI=1S/C67H62Cl2F4N12O8/c1-14-45(87)80-25-41-64(89)78(11)61-58(82(41)23-30(80)6)35-21-37(68)46(48-39(70)17-15-19-43(48)86)50(72)56(35)85(67(61)92)55-34(10)76-62(77-53(55)29(4)5)32(8)63(88)81-26-42-65(90)79(12)60-59(83(42)24-31(81)7)36-22-38(69)47(49-40(71)18-16-20-44(49)93-13)51(73)57(36)84(66(60)91)54-33(9)74-27-75-52(54)28(2)3/h14-22,27-31,41-42,86H,1,8,23-26H2,2-7,9-13H3. The smallest absolute Gasteiger partial charge is 0.281 e. The average molecular weight is 1310 g/mol. The zero-order chi connectivity index (χ0) is 67.1. The molecule has 0 saturated carbocycles. The number of nitrogens with zero attached hydrogens (tertiary/aromatic N) is 12. The molecule has 4 aromatic heterocycles. The Morgan fingerprint density at radius 1 is 0.656 bits per heavy atom. The molecule has 480 valence electrons. The molecule has 0 aliphatic carbocycles. The number of phenols is 1. The van der Waals surface area contributed by atoms with Gasteiger partial charge in [0.15, 0.2) is 17.5 Å². The number of phenolic OH excluding ortho intramolecular Hbond substituents is 1. The summed E-state index contributed by atoms with van der Waals surface area (Å²) in [6, 6.07) is 6.41. The summed E-state index contributed by atoms with van der Waals surface area (Å²) in [4.78, 5) is 116. The minimum atomic E-state index is -1.24. The quantitative estimate of drug-likeness (QED) is 0.0997. The zero-order valence-electron chi connectivity index (χ0n) is 52.4. The van der Waals surface area contributed by atoms with E-state index in [4.69, 9.17) is 37.9 Å². The Hall–Kier alpha value is -9.68. The molecule has 4 atom stereocenters. The van der Waals surface area contributed by atoms with Gasteiger partial charge in [0.05, 0.1) is 104 Å². The average Bonchev–Trinajstić information content (AvgIpc) is 0.710. The lowest BCUT2D eigenvalue weighted by Gasteiger charge is -2.50. The second-order valence-electron chi connectivity index (χ2n) is 24.3. The Morgan fingerprint density at radius 2 is 1.14 bits per heavy atom. The summed E-state index contributed by atoms with van der Waals surface area (Å²) in [6.07, 6.45) is 2.45. The number of aryl methyl sites for hydroxylation is 2. The first-order valence-electron chi connectivity index (χ1n) is 29.8. The van der Waals surface area contributed by atoms with E-state index < -0.39 is 116 Å². The highest BCUT2D eigenvalue weighted by molar-refractivity contribution is 6.35. The summed E-state index contributed by atoms with van der Waals surface area (Å²) < 4.78 is 76.2. The minimum absolute atomic E-state index is 0.00637. The molecule has 1 N–H and O–H groups in total. The van der Waals surface area contributed by atoms with Crippen LogP contribution in [0, 0.1) is 37.1 Å². The van der Waals surface area contributed by atoms with E-state index in [1.807, 2.05) is 13.8 Å². The zero-order valence-corrected chi connectivity index (χ0v) is 53.9. The molecule has 4 aliphatic heterocycles. The molecule has 4 aromatic carbocycles. The third-order valence-corrected chi connectivity index (χ3v) is 18.7. The number of aromatic hydroxyl groups is 1. The van der Waals surface area contributed by atoms with Gasteiger partial charge in [0.2, 0.25) is 5.91 Å². The molecular weight excluding hydrogens is 1250 g/mol. The Kier molecular flexibility index (Phi) is 15.8. The maximum absolute atomic E-state index is 18.3. The summed E-state index contributed by atoms with van der Waals surface area (Å²) in [7, 11) is 4.06. The van der Waals surface area contributed by atoms with Crippen LogP contribution in [0.3, 0.4) is 0 Å². The van der Waals surface area contributed by atoms with Crippen LogP contribution in [0.15, 0.2) is 83.7 Å². The highest BCUT2D eigenvalue weighted by Crippen LogP contribution is 2.51. The fraction of sp³-hybridized carbons (Fsp3) is 0.313. The third kappa shape index (κ3) is 9.51. The van der Waals surface area contributed by atoms with Gasteiger partial charge in [-0.1, -0.05) is 76.2 Å². The van der Waals surface area contributed by atoms with Crippen molar-refractivity contribution < 1.29 is 46.6 Å². The lowest BCUT2D eigenvalue weighted by Crippen LogP contribution is -2.66. The van der Waals surface area contributed by atoms with Crippen molar-refractivity contribution in [3.63, 3.8) is 0 Å². The molecule has 4 aliphatic rings. The number of carbonyl (C=O) groups excluding carboxylic acids is 4. The van der Waals surface area contributed by atoms with Gasteiger partial charge in [-0.2, -0.15) is 0 Å². The number of benzene rings is 4. The Balaban J connectivity index is 0.988. The van der Waals surface area contributed by atoms with Crippen molar-refractivity contribution >= 4 is 97.0 Å². The number of likely N-dealkylation sites (N-methyl/N-ethyl adjacent to an activating group) is 2. The Bertz CT molecular complexity index is 4790. The van der Waals surface area contributed by atoms with Gasteiger partial charge in [-0.05, 0) is 82.0 Å². The molecule has 8 aromatic rings. The topological polar surface area (TPSA) is 213 Å². The van der Waals surface area contributed by atoms with Crippen LogP contribution in [-0.2, 0) is 19.2 Å². The maximum atomic E-state index is 18.3. The number of aromatic nitrogens is 6. The fourth-order valence-electron chi connectivity index (χ4n) is 13.7. The molecule has 0 spiro atoms. The number of rotatable bonds is 10. The number of methoxy groups -OCH3 is 1. The van der Waals surface area contributed by atoms with E-state index in [0.29, 0.717) is 11.4 Å². The van der Waals surface area contributed by atoms with E-state index in [1.54, 1.807) is 44.4 Å². The van der Waals surface area contributed by atoms with Crippen molar-refractivity contribution in [3.8, 4) is 45.1 Å². The van der Waals surface area contributed by atoms with E-state index in [0.717, 1.165) is 43.2 Å². The first-order valence-corrected chi connectivity index (χ1v) is 30.6. The number of ether oxygens (including phenoxy) is 1. The van der Waals surface area contributed by atoms with Crippen LogP contribution in [0.5, 0.6) is 11.5 Å². The van der Waals surface area contributed by atoms with Gasteiger partial charge >= 0.3 is 0 Å². The van der Waals surface area contributed by atoms with Crippen molar-refractivity contribution in [2.75, 3.05) is 67.0 Å². The van der Waals surface area contributed by atoms with Crippen molar-refractivity contribution in [1.82, 2.24) is 38.9 Å². The van der Waals surface area contributed by atoms with E-state index in [1.165, 1.54) is 74.6 Å². The van der Waals surface area contributed by atoms with Crippen LogP contribution in [-0.4, -0.2) is 139 Å². The van der Waals surface area contributed by atoms with Gasteiger partial charge in [0, 0.05) is 61.2 Å². The molecule has 26 heteroatoms. The molecule has 0 bridgehead atoms. The lowest BCUT2D eigenvalue weighted by molar-refractivity contribution is -0.131. The SMILES string of the molecule is C=CC(=O)N1CC2C(=O)N(C)c3c(c4cc(Cl)c(-c5c(O)cccc5F)c(F)c4n(-c4c(C)nc(C(=C)C(=O)N5CC6C(=O)N(C)c7c(c8cc(Cl)c(-c9c(F)cccc9OC)c(F)c8n(-c8c(C)ncnc8C(C)C)c7=O)N6CC5C)nc4C(C)C)c3=O)N2CC1C. The highest BCUT2D eigenvalue weighted by atomic mass is 35.5. The molecule has 2 saturated heterocycles. The van der Waals surface area contributed by atoms with Gasteiger partial charge in [0.1, 0.15) is 52.9 Å². The van der Waals surface area contributed by atoms with Gasteiger partial charge < -0.3 is 39.2 Å². The molecule has 2 fully saturated rings. The predicted molar refractivity (Wildman–Crippen MR) is 348 cm³/mol. The van der Waals surface area contributed by atoms with Crippen molar-refractivity contribution in [3.05, 3.63) is 157 Å². The predicted octanol–water partition coefficient (Wildman–Crippen LogP) is 10.3. The van der Waals surface area contributed by atoms with Gasteiger partial charge in [-0.3, -0.25) is 37.9 Å². The van der Waals surface area contributed by atoms with Crippen LogP contribution in [0.25, 0.3) is 61.0 Å². The van der Waals surface area contributed by atoms with E-state index in [-0.39, 0.29) is 127 Å². The molecular formula is C67H62Cl2F4N12O8. The molecule has 4 amide bonds. The Labute approximate surface area is 540 Å². The number of halogens is 6. The second kappa shape index (κ2) is 23.2. The van der Waals surface area contributed by atoms with Gasteiger partial charge in [0.25, 0.3) is 28.8 Å². The summed E-state index contributed by atoms with van der Waals surface area (Å²) >= 11 is 14.1. The largest absolute Gasteiger partial charge is 0.507 e. The number of fused-ring (bicyclic) bond motifs is 10. The number of hydrogen-bond acceptors (Lipinski definition) is 14. The number of hydrogen-bond donors (Lipinski definition) is 1. The molecule has 20 nitrogen and oxygen atoms in total. The van der Waals surface area contributed by atoms with Crippen LogP contribution in [0.1, 0.15) is 82.0 Å². The second-order valence-corrected chi connectivity index (χ2v) is 25.2. The maximum Gasteiger partial charge on any atom is 0.281 e. The number of anilines is 4. The molecule has 93 heavy (non-hydrogen) atoms. The summed E-state index contributed by atoms with van der Waals surface area (Å²) in [6.45, 7) is 20.9. The lowest BCUT2D eigenvalue weighted by atomic mass is 9.95. The van der Waals surface area contributed by atoms with Gasteiger partial charge in [-0.15, -0.1) is 0 Å². The summed E-state index contributed by atoms with van der Waals surface area (Å²) in [5.41, 5.74) is -4.06. The van der Waals surface area contributed by atoms with Crippen LogP contribution < -0.4 is 35.5 Å². The third-order valence-electron chi connectivity index (χ3n) is 18.1. The highest BCUT2D eigenvalue weighted by Gasteiger charge is 2.49. The normalized spacial score (nSPS) is 18.0. The molecule has 4 unspecified atom stereocenters. The number of amides is 4. The van der Waals surface area contributed by atoms with Crippen LogP contribution >= 0.6 is 23.2 Å². The summed E-state index contributed by atoms with van der Waals surface area (Å²) in [5, 5.41) is 10.5. The number of piperazine rings is 2. The first kappa shape index (κ1) is 63.5. The molecule has 8 heterocycles. The van der Waals surface area contributed by atoms with Crippen molar-refractivity contribution in [2.45, 2.75) is 91.4 Å². The molecule has 12 rings (SSSR count). The fourth-order valence-corrected chi connectivity index (χ4v) is 14.3. The van der Waals surface area contributed by atoms with E-state index >= 15 is 36.7 Å². The van der Waals surface area contributed by atoms with E-state index in [9.17, 15) is 14.7 Å². The van der Waals surface area contributed by atoms with E-state index in [2.05, 4.69) is 23.1 Å². The monoisotopic (exact) mass is 1310 g/mol. The van der Waals surface area contributed by atoms with Crippen molar-refractivity contribution in [2.24, 2.45) is 0 Å². The first-order chi connectivity index (χ1) is 44.1.